The first-order valence-electron chi connectivity index (χ1n) is 6.75. The maximum absolute atomic E-state index is 12.0. The molecule has 110 valence electrons. The van der Waals surface area contributed by atoms with Crippen LogP contribution in [0.25, 0.3) is 0 Å². The van der Waals surface area contributed by atoms with Crippen LogP contribution in [-0.2, 0) is 9.53 Å². The summed E-state index contributed by atoms with van der Waals surface area (Å²) in [7, 11) is 1.31. The summed E-state index contributed by atoms with van der Waals surface area (Å²) in [6.45, 7) is 3.91. The van der Waals surface area contributed by atoms with Crippen molar-refractivity contribution in [3.8, 4) is 0 Å². The molecule has 0 spiro atoms. The summed E-state index contributed by atoms with van der Waals surface area (Å²) >= 11 is 0. The van der Waals surface area contributed by atoms with Gasteiger partial charge in [-0.1, -0.05) is 31.4 Å². The number of carbonyl (C=O) groups excluding carboxylic acids is 2. The van der Waals surface area contributed by atoms with Gasteiger partial charge in [0.05, 0.1) is 24.4 Å². The van der Waals surface area contributed by atoms with Crippen LogP contribution in [0.3, 0.4) is 0 Å². The second-order valence-electron chi connectivity index (χ2n) is 4.78. The number of unbranched alkanes of at least 4 members (excludes halogenated alkanes) is 1. The van der Waals surface area contributed by atoms with Crippen LogP contribution in [0.5, 0.6) is 0 Å². The van der Waals surface area contributed by atoms with Crippen molar-refractivity contribution in [1.29, 1.82) is 0 Å². The largest absolute Gasteiger partial charge is 0.465 e. The molecule has 0 saturated heterocycles. The number of nitrogens with one attached hydrogen (secondary N) is 1. The fourth-order valence-corrected chi connectivity index (χ4v) is 1.83. The molecule has 0 aliphatic rings. The van der Waals surface area contributed by atoms with E-state index in [1.54, 1.807) is 12.1 Å². The summed E-state index contributed by atoms with van der Waals surface area (Å²) in [5, 5.41) is 2.70. The van der Waals surface area contributed by atoms with Crippen molar-refractivity contribution in [3.05, 3.63) is 29.3 Å². The quantitative estimate of drug-likeness (QED) is 0.782. The molecule has 1 rings (SSSR count). The summed E-state index contributed by atoms with van der Waals surface area (Å²) < 4.78 is 4.72. The summed E-state index contributed by atoms with van der Waals surface area (Å²) in [6.07, 6.45) is 2.51. The van der Waals surface area contributed by atoms with Gasteiger partial charge in [0.2, 0.25) is 5.91 Å². The highest BCUT2D eigenvalue weighted by atomic mass is 16.5. The van der Waals surface area contributed by atoms with E-state index in [9.17, 15) is 9.59 Å². The Kier molecular flexibility index (Phi) is 6.18. The SMILES string of the molecule is CCCC[C@H](N)C(=O)Nc1ccc(C)cc1C(=O)OC. The number of hydrogen-bond donors (Lipinski definition) is 2. The lowest BCUT2D eigenvalue weighted by atomic mass is 10.1. The lowest BCUT2D eigenvalue weighted by Gasteiger charge is -2.14. The normalized spacial score (nSPS) is 11.8. The Bertz CT molecular complexity index is 486. The summed E-state index contributed by atoms with van der Waals surface area (Å²) in [5.41, 5.74) is 7.49. The molecule has 0 aromatic heterocycles. The number of anilines is 1. The van der Waals surface area contributed by atoms with Crippen LogP contribution in [-0.4, -0.2) is 25.0 Å². The molecule has 1 atom stereocenters. The van der Waals surface area contributed by atoms with Gasteiger partial charge in [-0.05, 0) is 25.5 Å². The molecule has 0 fully saturated rings. The molecule has 1 aromatic carbocycles. The molecule has 5 nitrogen and oxygen atoms in total. The first-order valence-corrected chi connectivity index (χ1v) is 6.75. The van der Waals surface area contributed by atoms with E-state index in [2.05, 4.69) is 5.32 Å². The topological polar surface area (TPSA) is 81.4 Å². The van der Waals surface area contributed by atoms with Crippen LogP contribution in [0.4, 0.5) is 5.69 Å². The van der Waals surface area contributed by atoms with Gasteiger partial charge in [0.25, 0.3) is 0 Å². The van der Waals surface area contributed by atoms with E-state index in [0.717, 1.165) is 18.4 Å². The molecule has 3 N–H and O–H groups in total. The van der Waals surface area contributed by atoms with E-state index in [-0.39, 0.29) is 5.91 Å². The number of ether oxygens (including phenoxy) is 1. The van der Waals surface area contributed by atoms with Gasteiger partial charge < -0.3 is 15.8 Å². The van der Waals surface area contributed by atoms with Gasteiger partial charge >= 0.3 is 5.97 Å². The number of aryl methyl sites for hydroxylation is 1. The number of nitrogens with two attached hydrogens (primary N) is 1. The number of methoxy groups -OCH3 is 1. The second-order valence-corrected chi connectivity index (χ2v) is 4.78. The van der Waals surface area contributed by atoms with E-state index >= 15 is 0 Å². The molecular formula is C15H22N2O3. The van der Waals surface area contributed by atoms with Gasteiger partial charge in [0, 0.05) is 0 Å². The number of amides is 1. The van der Waals surface area contributed by atoms with E-state index in [1.165, 1.54) is 7.11 Å². The Morgan fingerprint density at radius 2 is 2.10 bits per heavy atom. The van der Waals surface area contributed by atoms with Crippen LogP contribution in [0.1, 0.15) is 42.1 Å². The molecule has 0 unspecified atom stereocenters. The van der Waals surface area contributed by atoms with Crippen molar-refractivity contribution in [2.24, 2.45) is 5.73 Å². The summed E-state index contributed by atoms with van der Waals surface area (Å²) in [6, 6.07) is 4.62. The predicted molar refractivity (Wildman–Crippen MR) is 78.6 cm³/mol. The zero-order valence-corrected chi connectivity index (χ0v) is 12.2. The van der Waals surface area contributed by atoms with Crippen molar-refractivity contribution in [1.82, 2.24) is 0 Å². The monoisotopic (exact) mass is 278 g/mol. The van der Waals surface area contributed by atoms with Crippen LogP contribution in [0.15, 0.2) is 18.2 Å². The van der Waals surface area contributed by atoms with Crippen LogP contribution in [0, 0.1) is 6.92 Å². The van der Waals surface area contributed by atoms with Crippen molar-refractivity contribution in [3.63, 3.8) is 0 Å². The Morgan fingerprint density at radius 1 is 1.40 bits per heavy atom. The Morgan fingerprint density at radius 3 is 2.70 bits per heavy atom. The minimum atomic E-state index is -0.568. The summed E-state index contributed by atoms with van der Waals surface area (Å²) in [4.78, 5) is 23.7. The van der Waals surface area contributed by atoms with E-state index in [0.29, 0.717) is 17.7 Å². The molecule has 0 saturated carbocycles. The lowest BCUT2D eigenvalue weighted by Crippen LogP contribution is -2.35. The molecule has 0 bridgehead atoms. The highest BCUT2D eigenvalue weighted by molar-refractivity contribution is 6.02. The number of esters is 1. The van der Waals surface area contributed by atoms with Crippen molar-refractivity contribution >= 4 is 17.6 Å². The smallest absolute Gasteiger partial charge is 0.339 e. The van der Waals surface area contributed by atoms with Crippen LogP contribution >= 0.6 is 0 Å². The van der Waals surface area contributed by atoms with Crippen LogP contribution < -0.4 is 11.1 Å². The van der Waals surface area contributed by atoms with Gasteiger partial charge in [-0.3, -0.25) is 4.79 Å². The third kappa shape index (κ3) is 4.35. The average molecular weight is 278 g/mol. The lowest BCUT2D eigenvalue weighted by molar-refractivity contribution is -0.117. The first-order chi connectivity index (χ1) is 9.49. The summed E-state index contributed by atoms with van der Waals surface area (Å²) in [5.74, 6) is -0.765. The molecule has 20 heavy (non-hydrogen) atoms. The third-order valence-electron chi connectivity index (χ3n) is 3.04. The Hall–Kier alpha value is -1.88. The molecule has 5 heteroatoms. The number of rotatable bonds is 6. The third-order valence-corrected chi connectivity index (χ3v) is 3.04. The molecule has 1 aromatic rings. The molecule has 0 radical (unpaired) electrons. The fourth-order valence-electron chi connectivity index (χ4n) is 1.83. The maximum atomic E-state index is 12.0. The van der Waals surface area contributed by atoms with Gasteiger partial charge in [0.1, 0.15) is 0 Å². The molecule has 1 amide bonds. The fraction of sp³-hybridized carbons (Fsp3) is 0.467. The van der Waals surface area contributed by atoms with Gasteiger partial charge in [-0.25, -0.2) is 4.79 Å². The number of hydrogen-bond acceptors (Lipinski definition) is 4. The minimum absolute atomic E-state index is 0.285. The Labute approximate surface area is 119 Å². The van der Waals surface area contributed by atoms with E-state index in [4.69, 9.17) is 10.5 Å². The minimum Gasteiger partial charge on any atom is -0.465 e. The second kappa shape index (κ2) is 7.65. The standard InChI is InChI=1S/C15H22N2O3/c1-4-5-6-12(16)14(18)17-13-8-7-10(2)9-11(13)15(19)20-3/h7-9,12H,4-6,16H2,1-3H3,(H,17,18)/t12-/m0/s1. The highest BCUT2D eigenvalue weighted by Crippen LogP contribution is 2.19. The van der Waals surface area contributed by atoms with Crippen molar-refractivity contribution < 1.29 is 14.3 Å². The zero-order valence-electron chi connectivity index (χ0n) is 12.2. The molecule has 0 heterocycles. The average Bonchev–Trinajstić information content (AvgIpc) is 2.45. The maximum Gasteiger partial charge on any atom is 0.339 e. The van der Waals surface area contributed by atoms with Crippen molar-refractivity contribution in [2.45, 2.75) is 39.2 Å². The predicted octanol–water partition coefficient (Wildman–Crippen LogP) is 2.24. The first kappa shape index (κ1) is 16.2. The van der Waals surface area contributed by atoms with Gasteiger partial charge in [0.15, 0.2) is 0 Å². The van der Waals surface area contributed by atoms with Gasteiger partial charge in [-0.15, -0.1) is 0 Å². The van der Waals surface area contributed by atoms with Gasteiger partial charge in [-0.2, -0.15) is 0 Å². The van der Waals surface area contributed by atoms with E-state index < -0.39 is 12.0 Å². The Balaban J connectivity index is 2.86. The van der Waals surface area contributed by atoms with E-state index in [1.807, 2.05) is 19.9 Å². The molecule has 0 aliphatic carbocycles. The number of carbonyl (C=O) groups is 2. The molecule has 0 aliphatic heterocycles. The zero-order chi connectivity index (χ0) is 15.1. The molecular weight excluding hydrogens is 256 g/mol. The number of benzene rings is 1. The van der Waals surface area contributed by atoms with Crippen molar-refractivity contribution in [2.75, 3.05) is 12.4 Å². The van der Waals surface area contributed by atoms with Crippen LogP contribution in [0.2, 0.25) is 0 Å². The highest BCUT2D eigenvalue weighted by Gasteiger charge is 2.17.